The van der Waals surface area contributed by atoms with E-state index in [4.69, 9.17) is 0 Å². The lowest BCUT2D eigenvalue weighted by Crippen LogP contribution is -1.91. The van der Waals surface area contributed by atoms with Gasteiger partial charge in [-0.1, -0.05) is 0 Å². The third kappa shape index (κ3) is 2.00. The molecule has 0 N–H and O–H groups in total. The monoisotopic (exact) mass is 300 g/mol. The summed E-state index contributed by atoms with van der Waals surface area (Å²) in [4.78, 5) is 10.9. The topological polar surface area (TPSA) is 34.9 Å². The second kappa shape index (κ2) is 4.37. The van der Waals surface area contributed by atoms with Crippen LogP contribution in [-0.4, -0.2) is 16.1 Å². The Bertz CT molecular complexity index is 595. The number of carbonyl (C=O) groups excluding carboxylic acids is 1. The number of aldehydes is 1. The fourth-order valence-electron chi connectivity index (χ4n) is 1.48. The van der Waals surface area contributed by atoms with Crippen LogP contribution in [-0.2, 0) is 7.05 Å². The first-order valence-electron chi connectivity index (χ1n) is 4.67. The summed E-state index contributed by atoms with van der Waals surface area (Å²) in [5.41, 5.74) is 0.971. The van der Waals surface area contributed by atoms with E-state index < -0.39 is 11.6 Å². The number of aryl methyl sites for hydroxylation is 1. The first-order chi connectivity index (χ1) is 8.04. The molecule has 1 heterocycles. The summed E-state index contributed by atoms with van der Waals surface area (Å²) < 4.78 is 27.8. The highest BCUT2D eigenvalue weighted by Crippen LogP contribution is 2.27. The van der Waals surface area contributed by atoms with E-state index in [0.717, 1.165) is 12.1 Å². The Kier molecular flexibility index (Phi) is 3.06. The number of rotatable bonds is 2. The third-order valence-electron chi connectivity index (χ3n) is 2.32. The van der Waals surface area contributed by atoms with Gasteiger partial charge in [-0.05, 0) is 34.1 Å². The Morgan fingerprint density at radius 3 is 2.65 bits per heavy atom. The Morgan fingerprint density at radius 2 is 2.06 bits per heavy atom. The van der Waals surface area contributed by atoms with Gasteiger partial charge < -0.3 is 0 Å². The molecular weight excluding hydrogens is 294 g/mol. The zero-order valence-corrected chi connectivity index (χ0v) is 10.3. The van der Waals surface area contributed by atoms with Crippen molar-refractivity contribution in [1.82, 2.24) is 9.78 Å². The van der Waals surface area contributed by atoms with Crippen LogP contribution in [0.5, 0.6) is 0 Å². The Morgan fingerprint density at radius 1 is 1.35 bits per heavy atom. The van der Waals surface area contributed by atoms with E-state index in [2.05, 4.69) is 21.0 Å². The van der Waals surface area contributed by atoms with Gasteiger partial charge in [0.1, 0.15) is 10.3 Å². The molecule has 0 aliphatic heterocycles. The summed E-state index contributed by atoms with van der Waals surface area (Å²) in [6, 6.07) is 3.39. The van der Waals surface area contributed by atoms with Crippen molar-refractivity contribution in [2.45, 2.75) is 0 Å². The number of nitrogens with zero attached hydrogens (tertiary/aromatic N) is 2. The second-order valence-electron chi connectivity index (χ2n) is 3.42. The van der Waals surface area contributed by atoms with Crippen LogP contribution in [0.2, 0.25) is 0 Å². The molecule has 0 fully saturated rings. The molecule has 0 atom stereocenters. The molecule has 0 saturated heterocycles. The van der Waals surface area contributed by atoms with E-state index in [-0.39, 0.29) is 0 Å². The fraction of sp³-hybridized carbons (Fsp3) is 0.0909. The lowest BCUT2D eigenvalue weighted by molar-refractivity contribution is 0.112. The smallest absolute Gasteiger partial charge is 0.159 e. The van der Waals surface area contributed by atoms with E-state index in [1.807, 2.05) is 0 Å². The molecule has 3 nitrogen and oxygen atoms in total. The largest absolute Gasteiger partial charge is 0.298 e. The van der Waals surface area contributed by atoms with E-state index in [9.17, 15) is 13.6 Å². The van der Waals surface area contributed by atoms with Gasteiger partial charge in [-0.25, -0.2) is 8.78 Å². The zero-order valence-electron chi connectivity index (χ0n) is 8.75. The minimum absolute atomic E-state index is 0.304. The molecule has 2 aromatic rings. The van der Waals surface area contributed by atoms with Crippen molar-refractivity contribution in [1.29, 1.82) is 0 Å². The number of hydrogen-bond acceptors (Lipinski definition) is 2. The van der Waals surface area contributed by atoms with Crippen LogP contribution < -0.4 is 0 Å². The Labute approximate surface area is 104 Å². The lowest BCUT2D eigenvalue weighted by atomic mass is 10.1. The fourth-order valence-corrected chi connectivity index (χ4v) is 1.84. The molecular formula is C11H7BrF2N2O. The van der Waals surface area contributed by atoms with Crippen molar-refractivity contribution < 1.29 is 13.6 Å². The predicted molar refractivity (Wildman–Crippen MR) is 61.6 cm³/mol. The average molecular weight is 301 g/mol. The van der Waals surface area contributed by atoms with Crippen LogP contribution in [0, 0.1) is 11.6 Å². The quantitative estimate of drug-likeness (QED) is 0.799. The van der Waals surface area contributed by atoms with Crippen molar-refractivity contribution in [3.63, 3.8) is 0 Å². The first kappa shape index (κ1) is 11.9. The number of halogens is 3. The first-order valence-corrected chi connectivity index (χ1v) is 5.47. The maximum absolute atomic E-state index is 13.1. The summed E-state index contributed by atoms with van der Waals surface area (Å²) in [5, 5.41) is 4.07. The zero-order chi connectivity index (χ0) is 12.6. The molecule has 0 bridgehead atoms. The van der Waals surface area contributed by atoms with Gasteiger partial charge in [-0.2, -0.15) is 5.10 Å². The van der Waals surface area contributed by atoms with Crippen LogP contribution in [0.3, 0.4) is 0 Å². The lowest BCUT2D eigenvalue weighted by Gasteiger charge is -1.99. The van der Waals surface area contributed by atoms with Gasteiger partial charge in [0.25, 0.3) is 0 Å². The van der Waals surface area contributed by atoms with Crippen molar-refractivity contribution in [3.05, 3.63) is 40.0 Å². The Balaban J connectivity index is 2.64. The maximum atomic E-state index is 13.1. The van der Waals surface area contributed by atoms with Gasteiger partial charge in [-0.3, -0.25) is 9.48 Å². The van der Waals surface area contributed by atoms with E-state index in [0.29, 0.717) is 27.7 Å². The molecule has 17 heavy (non-hydrogen) atoms. The van der Waals surface area contributed by atoms with Crippen molar-refractivity contribution >= 4 is 22.2 Å². The van der Waals surface area contributed by atoms with Crippen molar-refractivity contribution in [3.8, 4) is 11.3 Å². The molecule has 1 aromatic heterocycles. The second-order valence-corrected chi connectivity index (χ2v) is 4.17. The summed E-state index contributed by atoms with van der Waals surface area (Å²) in [6.07, 6.45) is 0.619. The highest BCUT2D eigenvalue weighted by Gasteiger charge is 2.16. The molecule has 0 saturated carbocycles. The van der Waals surface area contributed by atoms with Crippen molar-refractivity contribution in [2.75, 3.05) is 0 Å². The molecule has 0 radical (unpaired) electrons. The predicted octanol–water partition coefficient (Wildman–Crippen LogP) is 2.94. The van der Waals surface area contributed by atoms with Crippen LogP contribution in [0.1, 0.15) is 10.4 Å². The molecule has 0 aliphatic carbocycles. The molecule has 0 amide bonds. The van der Waals surface area contributed by atoms with Gasteiger partial charge in [0.15, 0.2) is 17.9 Å². The Hall–Kier alpha value is -1.56. The summed E-state index contributed by atoms with van der Waals surface area (Å²) in [5.74, 6) is -1.91. The number of aromatic nitrogens is 2. The van der Waals surface area contributed by atoms with Gasteiger partial charge in [0, 0.05) is 12.6 Å². The molecule has 6 heteroatoms. The number of hydrogen-bond donors (Lipinski definition) is 0. The number of carbonyl (C=O) groups is 1. The van der Waals surface area contributed by atoms with Crippen LogP contribution in [0.25, 0.3) is 11.3 Å². The highest BCUT2D eigenvalue weighted by atomic mass is 79.9. The minimum atomic E-state index is -0.971. The summed E-state index contributed by atoms with van der Waals surface area (Å²) in [6.45, 7) is 0. The SMILES string of the molecule is Cn1nc(-c2ccc(F)c(F)c2)c(C=O)c1Br. The van der Waals surface area contributed by atoms with E-state index >= 15 is 0 Å². The van der Waals surface area contributed by atoms with Crippen molar-refractivity contribution in [2.24, 2.45) is 7.05 Å². The van der Waals surface area contributed by atoms with Gasteiger partial charge in [-0.15, -0.1) is 0 Å². The van der Waals surface area contributed by atoms with Crippen LogP contribution in [0.15, 0.2) is 22.8 Å². The highest BCUT2D eigenvalue weighted by molar-refractivity contribution is 9.10. The third-order valence-corrected chi connectivity index (χ3v) is 3.26. The maximum Gasteiger partial charge on any atom is 0.159 e. The normalized spacial score (nSPS) is 10.6. The van der Waals surface area contributed by atoms with Gasteiger partial charge >= 0.3 is 0 Å². The summed E-state index contributed by atoms with van der Waals surface area (Å²) >= 11 is 3.19. The van der Waals surface area contributed by atoms with Crippen LogP contribution in [0.4, 0.5) is 8.78 Å². The van der Waals surface area contributed by atoms with E-state index in [1.165, 1.54) is 10.7 Å². The van der Waals surface area contributed by atoms with E-state index in [1.54, 1.807) is 7.05 Å². The average Bonchev–Trinajstić information content (AvgIpc) is 2.59. The van der Waals surface area contributed by atoms with Gasteiger partial charge in [0.05, 0.1) is 5.56 Å². The molecule has 88 valence electrons. The van der Waals surface area contributed by atoms with Crippen LogP contribution >= 0.6 is 15.9 Å². The standard InChI is InChI=1S/C11H7BrF2N2O/c1-16-11(12)7(5-17)10(15-16)6-2-3-8(13)9(14)4-6/h2-5H,1H3. The molecule has 0 aliphatic rings. The molecule has 0 spiro atoms. The summed E-state index contributed by atoms with van der Waals surface area (Å²) in [7, 11) is 1.64. The molecule has 2 rings (SSSR count). The minimum Gasteiger partial charge on any atom is -0.298 e. The van der Waals surface area contributed by atoms with Gasteiger partial charge in [0.2, 0.25) is 0 Å². The molecule has 1 aromatic carbocycles. The number of benzene rings is 1. The molecule has 0 unspecified atom stereocenters.